The molecule has 3 nitrogen and oxygen atoms in total. The lowest BCUT2D eigenvalue weighted by Gasteiger charge is -2.19. The van der Waals surface area contributed by atoms with E-state index in [0.717, 1.165) is 5.56 Å². The number of ether oxygens (including phenoxy) is 2. The molecule has 3 heteroatoms. The monoisotopic (exact) mass is 210 g/mol. The van der Waals surface area contributed by atoms with Gasteiger partial charge in [0.1, 0.15) is 6.79 Å². The van der Waals surface area contributed by atoms with Crippen LogP contribution < -0.4 is 0 Å². The Morgan fingerprint density at radius 2 is 1.93 bits per heavy atom. The van der Waals surface area contributed by atoms with E-state index in [1.54, 1.807) is 14.0 Å². The van der Waals surface area contributed by atoms with Gasteiger partial charge in [-0.3, -0.25) is 0 Å². The molecule has 0 radical (unpaired) electrons. The molecular weight excluding hydrogens is 192 g/mol. The molecule has 0 aliphatic carbocycles. The van der Waals surface area contributed by atoms with Gasteiger partial charge in [-0.1, -0.05) is 30.3 Å². The Kier molecular flexibility index (Phi) is 5.32. The summed E-state index contributed by atoms with van der Waals surface area (Å²) in [4.78, 5) is 0. The van der Waals surface area contributed by atoms with E-state index in [0.29, 0.717) is 6.42 Å². The zero-order valence-electron chi connectivity index (χ0n) is 9.22. The van der Waals surface area contributed by atoms with Gasteiger partial charge in [0.25, 0.3) is 0 Å². The lowest BCUT2D eigenvalue weighted by Crippen LogP contribution is -2.13. The summed E-state index contributed by atoms with van der Waals surface area (Å²) in [5.41, 5.74) is 1.07. The molecule has 84 valence electrons. The SMILES string of the molecule is COCO[C@@H](C[C@@H](C)O)c1ccccc1. The van der Waals surface area contributed by atoms with Crippen LogP contribution in [0.2, 0.25) is 0 Å². The van der Waals surface area contributed by atoms with Crippen molar-refractivity contribution in [2.45, 2.75) is 25.6 Å². The first-order valence-electron chi connectivity index (χ1n) is 5.07. The minimum atomic E-state index is -0.382. The van der Waals surface area contributed by atoms with Gasteiger partial charge in [-0.2, -0.15) is 0 Å². The fourth-order valence-electron chi connectivity index (χ4n) is 1.43. The zero-order valence-corrected chi connectivity index (χ0v) is 9.22. The molecule has 1 aromatic carbocycles. The topological polar surface area (TPSA) is 38.7 Å². The van der Waals surface area contributed by atoms with E-state index in [2.05, 4.69) is 0 Å². The van der Waals surface area contributed by atoms with E-state index in [4.69, 9.17) is 9.47 Å². The van der Waals surface area contributed by atoms with E-state index >= 15 is 0 Å². The molecule has 1 rings (SSSR count). The van der Waals surface area contributed by atoms with Gasteiger partial charge < -0.3 is 14.6 Å². The molecule has 0 fully saturated rings. The summed E-state index contributed by atoms with van der Waals surface area (Å²) >= 11 is 0. The van der Waals surface area contributed by atoms with Gasteiger partial charge in [0, 0.05) is 13.5 Å². The average molecular weight is 210 g/mol. The molecule has 1 N–H and O–H groups in total. The van der Waals surface area contributed by atoms with Gasteiger partial charge >= 0.3 is 0 Å². The van der Waals surface area contributed by atoms with E-state index < -0.39 is 0 Å². The fraction of sp³-hybridized carbons (Fsp3) is 0.500. The van der Waals surface area contributed by atoms with Gasteiger partial charge in [0.2, 0.25) is 0 Å². The average Bonchev–Trinajstić information content (AvgIpc) is 2.25. The van der Waals surface area contributed by atoms with E-state index in [-0.39, 0.29) is 19.0 Å². The first-order chi connectivity index (χ1) is 7.24. The van der Waals surface area contributed by atoms with Gasteiger partial charge in [-0.25, -0.2) is 0 Å². The van der Waals surface area contributed by atoms with Crippen molar-refractivity contribution in [2.75, 3.05) is 13.9 Å². The van der Waals surface area contributed by atoms with Crippen molar-refractivity contribution >= 4 is 0 Å². The highest BCUT2D eigenvalue weighted by Gasteiger charge is 2.14. The van der Waals surface area contributed by atoms with E-state index in [1.807, 2.05) is 30.3 Å². The third-order valence-corrected chi connectivity index (χ3v) is 2.11. The number of aliphatic hydroxyl groups excluding tert-OH is 1. The van der Waals surface area contributed by atoms with Crippen LogP contribution in [0, 0.1) is 0 Å². The summed E-state index contributed by atoms with van der Waals surface area (Å²) in [7, 11) is 1.59. The highest BCUT2D eigenvalue weighted by atomic mass is 16.7. The number of hydrogen-bond acceptors (Lipinski definition) is 3. The Hall–Kier alpha value is -0.900. The number of methoxy groups -OCH3 is 1. The number of rotatable bonds is 6. The van der Waals surface area contributed by atoms with E-state index in [1.165, 1.54) is 0 Å². The predicted octanol–water partition coefficient (Wildman–Crippen LogP) is 2.12. The molecule has 0 saturated heterocycles. The van der Waals surface area contributed by atoms with Crippen LogP contribution in [0.4, 0.5) is 0 Å². The zero-order chi connectivity index (χ0) is 11.1. The molecule has 1 aromatic rings. The Morgan fingerprint density at radius 1 is 1.27 bits per heavy atom. The third kappa shape index (κ3) is 4.42. The van der Waals surface area contributed by atoms with Crippen LogP contribution in [-0.2, 0) is 9.47 Å². The number of hydrogen-bond donors (Lipinski definition) is 1. The van der Waals surface area contributed by atoms with Crippen LogP contribution in [0.5, 0.6) is 0 Å². The first-order valence-corrected chi connectivity index (χ1v) is 5.07. The minimum absolute atomic E-state index is 0.105. The van der Waals surface area contributed by atoms with Gasteiger partial charge in [0.15, 0.2) is 0 Å². The molecule has 0 bridgehead atoms. The maximum absolute atomic E-state index is 9.36. The quantitative estimate of drug-likeness (QED) is 0.731. The van der Waals surface area contributed by atoms with Crippen LogP contribution in [0.15, 0.2) is 30.3 Å². The second kappa shape index (κ2) is 6.56. The van der Waals surface area contributed by atoms with E-state index in [9.17, 15) is 5.11 Å². The van der Waals surface area contributed by atoms with Crippen molar-refractivity contribution in [2.24, 2.45) is 0 Å². The normalized spacial score (nSPS) is 14.9. The van der Waals surface area contributed by atoms with Crippen molar-refractivity contribution < 1.29 is 14.6 Å². The molecule has 0 heterocycles. The summed E-state index contributed by atoms with van der Waals surface area (Å²) in [6, 6.07) is 9.85. The molecular formula is C12H18O3. The molecule has 0 amide bonds. The second-order valence-electron chi connectivity index (χ2n) is 3.56. The molecule has 2 atom stereocenters. The Balaban J connectivity index is 2.63. The highest BCUT2D eigenvalue weighted by molar-refractivity contribution is 5.17. The maximum atomic E-state index is 9.36. The van der Waals surface area contributed by atoms with Crippen LogP contribution in [0.1, 0.15) is 25.0 Å². The fourth-order valence-corrected chi connectivity index (χ4v) is 1.43. The molecule has 0 aliphatic heterocycles. The van der Waals surface area contributed by atoms with Crippen molar-refractivity contribution in [3.8, 4) is 0 Å². The van der Waals surface area contributed by atoms with Crippen LogP contribution in [-0.4, -0.2) is 25.1 Å². The third-order valence-electron chi connectivity index (χ3n) is 2.11. The summed E-state index contributed by atoms with van der Waals surface area (Å²) < 4.78 is 10.4. The Bertz CT molecular complexity index is 259. The van der Waals surface area contributed by atoms with Crippen molar-refractivity contribution in [3.63, 3.8) is 0 Å². The molecule has 15 heavy (non-hydrogen) atoms. The van der Waals surface area contributed by atoms with Crippen molar-refractivity contribution in [1.82, 2.24) is 0 Å². The highest BCUT2D eigenvalue weighted by Crippen LogP contribution is 2.22. The summed E-state index contributed by atoms with van der Waals surface area (Å²) in [5.74, 6) is 0. The number of benzene rings is 1. The van der Waals surface area contributed by atoms with Gasteiger partial charge in [0.05, 0.1) is 12.2 Å². The largest absolute Gasteiger partial charge is 0.393 e. The summed E-state index contributed by atoms with van der Waals surface area (Å²) in [6.07, 6.45) is 0.0890. The minimum Gasteiger partial charge on any atom is -0.393 e. The number of aliphatic hydroxyl groups is 1. The molecule has 0 unspecified atom stereocenters. The molecule has 0 aromatic heterocycles. The lowest BCUT2D eigenvalue weighted by molar-refractivity contribution is -0.0849. The van der Waals surface area contributed by atoms with Crippen molar-refractivity contribution in [1.29, 1.82) is 0 Å². The Morgan fingerprint density at radius 3 is 2.47 bits per heavy atom. The smallest absolute Gasteiger partial charge is 0.147 e. The van der Waals surface area contributed by atoms with Gasteiger partial charge in [-0.05, 0) is 12.5 Å². The van der Waals surface area contributed by atoms with Crippen LogP contribution in [0.3, 0.4) is 0 Å². The lowest BCUT2D eigenvalue weighted by atomic mass is 10.0. The standard InChI is InChI=1S/C12H18O3/c1-10(13)8-12(15-9-14-2)11-6-4-3-5-7-11/h3-7,10,12-13H,8-9H2,1-2H3/t10-,12+/m1/s1. The molecule has 0 spiro atoms. The maximum Gasteiger partial charge on any atom is 0.147 e. The van der Waals surface area contributed by atoms with Gasteiger partial charge in [-0.15, -0.1) is 0 Å². The Labute approximate surface area is 90.6 Å². The first kappa shape index (κ1) is 12.2. The summed E-state index contributed by atoms with van der Waals surface area (Å²) in [6.45, 7) is 2.00. The predicted molar refractivity (Wildman–Crippen MR) is 58.4 cm³/mol. The van der Waals surface area contributed by atoms with Crippen molar-refractivity contribution in [3.05, 3.63) is 35.9 Å². The van der Waals surface area contributed by atoms with Crippen LogP contribution in [0.25, 0.3) is 0 Å². The molecule has 0 saturated carbocycles. The molecule has 0 aliphatic rings. The van der Waals surface area contributed by atoms with Crippen LogP contribution >= 0.6 is 0 Å². The summed E-state index contributed by atoms with van der Waals surface area (Å²) in [5, 5.41) is 9.36. The second-order valence-corrected chi connectivity index (χ2v) is 3.56.